The highest BCUT2D eigenvalue weighted by molar-refractivity contribution is 7.98. The van der Waals surface area contributed by atoms with Crippen molar-refractivity contribution < 1.29 is 9.84 Å². The van der Waals surface area contributed by atoms with Gasteiger partial charge in [-0.05, 0) is 48.9 Å². The first-order valence-corrected chi connectivity index (χ1v) is 7.77. The first kappa shape index (κ1) is 14.9. The highest BCUT2D eigenvalue weighted by atomic mass is 32.2. The van der Waals surface area contributed by atoms with Gasteiger partial charge in [-0.3, -0.25) is 0 Å². The maximum absolute atomic E-state index is 10.6. The van der Waals surface area contributed by atoms with Crippen molar-refractivity contribution in [2.24, 2.45) is 0 Å². The molecule has 2 aromatic rings. The third kappa shape index (κ3) is 2.84. The summed E-state index contributed by atoms with van der Waals surface area (Å²) in [6, 6.07) is 11.9. The number of rotatable bonds is 4. The fourth-order valence-electron chi connectivity index (χ4n) is 2.26. The van der Waals surface area contributed by atoms with Gasteiger partial charge in [-0.2, -0.15) is 0 Å². The zero-order valence-electron chi connectivity index (χ0n) is 12.3. The van der Waals surface area contributed by atoms with Crippen molar-refractivity contribution in [3.05, 3.63) is 58.7 Å². The molecular formula is C17H20O2S. The number of thioether (sulfide) groups is 1. The van der Waals surface area contributed by atoms with Gasteiger partial charge in [0.25, 0.3) is 0 Å². The Kier molecular flexibility index (Phi) is 4.73. The van der Waals surface area contributed by atoms with Gasteiger partial charge in [0, 0.05) is 10.5 Å². The number of aryl methyl sites for hydroxylation is 1. The summed E-state index contributed by atoms with van der Waals surface area (Å²) in [5.74, 6) is 0.770. The summed E-state index contributed by atoms with van der Waals surface area (Å²) in [4.78, 5) is 1.19. The van der Waals surface area contributed by atoms with Gasteiger partial charge >= 0.3 is 0 Å². The summed E-state index contributed by atoms with van der Waals surface area (Å²) in [7, 11) is 1.65. The average molecular weight is 288 g/mol. The Labute approximate surface area is 124 Å². The molecule has 0 aliphatic rings. The largest absolute Gasteiger partial charge is 0.496 e. The van der Waals surface area contributed by atoms with Crippen LogP contribution in [0.3, 0.4) is 0 Å². The summed E-state index contributed by atoms with van der Waals surface area (Å²) in [6.45, 7) is 4.06. The fraction of sp³-hybridized carbons (Fsp3) is 0.294. The maximum atomic E-state index is 10.6. The van der Waals surface area contributed by atoms with Crippen LogP contribution in [0.5, 0.6) is 5.75 Å². The van der Waals surface area contributed by atoms with Crippen LogP contribution in [-0.2, 0) is 0 Å². The van der Waals surface area contributed by atoms with E-state index in [0.717, 1.165) is 28.0 Å². The van der Waals surface area contributed by atoms with Crippen LogP contribution in [0.4, 0.5) is 0 Å². The molecule has 0 aliphatic carbocycles. The average Bonchev–Trinajstić information content (AvgIpc) is 2.49. The lowest BCUT2D eigenvalue weighted by Gasteiger charge is -2.18. The lowest BCUT2D eigenvalue weighted by molar-refractivity contribution is 0.214. The Morgan fingerprint density at radius 2 is 1.70 bits per heavy atom. The third-order valence-electron chi connectivity index (χ3n) is 3.64. The van der Waals surface area contributed by atoms with Crippen molar-refractivity contribution in [2.45, 2.75) is 24.8 Å². The number of aliphatic hydroxyl groups excluding tert-OH is 1. The van der Waals surface area contributed by atoms with E-state index in [9.17, 15) is 5.11 Å². The first-order valence-electron chi connectivity index (χ1n) is 6.54. The second kappa shape index (κ2) is 6.33. The number of benzene rings is 2. The topological polar surface area (TPSA) is 29.5 Å². The molecule has 0 aliphatic heterocycles. The molecule has 0 bridgehead atoms. The van der Waals surface area contributed by atoms with Gasteiger partial charge in [0.15, 0.2) is 0 Å². The first-order chi connectivity index (χ1) is 9.58. The van der Waals surface area contributed by atoms with Gasteiger partial charge in [-0.25, -0.2) is 0 Å². The van der Waals surface area contributed by atoms with E-state index in [0.29, 0.717) is 0 Å². The minimum atomic E-state index is -0.667. The predicted octanol–water partition coefficient (Wildman–Crippen LogP) is 4.12. The molecule has 0 radical (unpaired) electrons. The van der Waals surface area contributed by atoms with Crippen molar-refractivity contribution >= 4 is 11.8 Å². The number of hydrogen-bond donors (Lipinski definition) is 1. The molecule has 2 nitrogen and oxygen atoms in total. The van der Waals surface area contributed by atoms with Crippen LogP contribution in [0, 0.1) is 13.8 Å². The Morgan fingerprint density at radius 3 is 2.25 bits per heavy atom. The van der Waals surface area contributed by atoms with Crippen LogP contribution in [0.2, 0.25) is 0 Å². The molecule has 2 aromatic carbocycles. The van der Waals surface area contributed by atoms with Crippen molar-refractivity contribution in [1.29, 1.82) is 0 Å². The number of methoxy groups -OCH3 is 1. The molecule has 0 amide bonds. The Balaban J connectivity index is 2.42. The Bertz CT molecular complexity index is 591. The molecule has 0 fully saturated rings. The van der Waals surface area contributed by atoms with Crippen molar-refractivity contribution in [3.8, 4) is 5.75 Å². The van der Waals surface area contributed by atoms with Crippen LogP contribution < -0.4 is 4.74 Å². The van der Waals surface area contributed by atoms with E-state index in [1.54, 1.807) is 18.9 Å². The third-order valence-corrected chi connectivity index (χ3v) is 4.38. The Morgan fingerprint density at radius 1 is 1.05 bits per heavy atom. The van der Waals surface area contributed by atoms with E-state index in [1.807, 2.05) is 56.5 Å². The molecule has 0 saturated carbocycles. The number of ether oxygens (including phenoxy) is 1. The van der Waals surface area contributed by atoms with E-state index < -0.39 is 6.10 Å². The summed E-state index contributed by atoms with van der Waals surface area (Å²) in [6.07, 6.45) is 1.37. The quantitative estimate of drug-likeness (QED) is 0.858. The molecule has 0 saturated heterocycles. The summed E-state index contributed by atoms with van der Waals surface area (Å²) in [5.41, 5.74) is 3.93. The normalized spacial score (nSPS) is 12.2. The van der Waals surface area contributed by atoms with Crippen LogP contribution in [0.1, 0.15) is 28.4 Å². The molecule has 20 heavy (non-hydrogen) atoms. The zero-order chi connectivity index (χ0) is 14.7. The van der Waals surface area contributed by atoms with Crippen LogP contribution in [0.15, 0.2) is 41.3 Å². The second-order valence-corrected chi connectivity index (χ2v) is 5.69. The van der Waals surface area contributed by atoms with Gasteiger partial charge in [-0.1, -0.05) is 24.3 Å². The standard InChI is InChI=1S/C17H20O2S/c1-11-5-10-15(17(19-3)12(11)2)16(18)13-6-8-14(20-4)9-7-13/h5-10,16,18H,1-4H3. The minimum Gasteiger partial charge on any atom is -0.496 e. The van der Waals surface area contributed by atoms with Gasteiger partial charge < -0.3 is 9.84 Å². The van der Waals surface area contributed by atoms with E-state index in [-0.39, 0.29) is 0 Å². The van der Waals surface area contributed by atoms with Crippen LogP contribution in [0.25, 0.3) is 0 Å². The van der Waals surface area contributed by atoms with Gasteiger partial charge in [0.05, 0.1) is 7.11 Å². The molecule has 1 unspecified atom stereocenters. The van der Waals surface area contributed by atoms with Crippen LogP contribution in [-0.4, -0.2) is 18.5 Å². The molecule has 1 N–H and O–H groups in total. The van der Waals surface area contributed by atoms with E-state index in [2.05, 4.69) is 0 Å². The molecular weight excluding hydrogens is 268 g/mol. The molecule has 106 valence electrons. The predicted molar refractivity (Wildman–Crippen MR) is 84.8 cm³/mol. The Hall–Kier alpha value is -1.45. The molecule has 0 spiro atoms. The number of aliphatic hydroxyl groups is 1. The highest BCUT2D eigenvalue weighted by Gasteiger charge is 2.17. The maximum Gasteiger partial charge on any atom is 0.128 e. The lowest BCUT2D eigenvalue weighted by atomic mass is 9.96. The van der Waals surface area contributed by atoms with E-state index >= 15 is 0 Å². The monoisotopic (exact) mass is 288 g/mol. The van der Waals surface area contributed by atoms with Crippen LogP contribution >= 0.6 is 11.8 Å². The molecule has 0 heterocycles. The van der Waals surface area contributed by atoms with Crippen molar-refractivity contribution in [3.63, 3.8) is 0 Å². The highest BCUT2D eigenvalue weighted by Crippen LogP contribution is 2.34. The van der Waals surface area contributed by atoms with E-state index in [1.165, 1.54) is 4.90 Å². The van der Waals surface area contributed by atoms with E-state index in [4.69, 9.17) is 4.74 Å². The van der Waals surface area contributed by atoms with Gasteiger partial charge in [0.1, 0.15) is 11.9 Å². The smallest absolute Gasteiger partial charge is 0.128 e. The summed E-state index contributed by atoms with van der Waals surface area (Å²) >= 11 is 1.69. The van der Waals surface area contributed by atoms with Gasteiger partial charge in [0.2, 0.25) is 0 Å². The minimum absolute atomic E-state index is 0.667. The number of hydrogen-bond acceptors (Lipinski definition) is 3. The van der Waals surface area contributed by atoms with Gasteiger partial charge in [-0.15, -0.1) is 11.8 Å². The van der Waals surface area contributed by atoms with Crippen molar-refractivity contribution in [2.75, 3.05) is 13.4 Å². The molecule has 1 atom stereocenters. The lowest BCUT2D eigenvalue weighted by Crippen LogP contribution is -2.04. The summed E-state index contributed by atoms with van der Waals surface area (Å²) < 4.78 is 5.48. The molecule has 3 heteroatoms. The zero-order valence-corrected chi connectivity index (χ0v) is 13.1. The fourth-order valence-corrected chi connectivity index (χ4v) is 2.67. The summed E-state index contributed by atoms with van der Waals surface area (Å²) in [5, 5.41) is 10.6. The SMILES string of the molecule is COc1c(C(O)c2ccc(SC)cc2)ccc(C)c1C. The molecule has 2 rings (SSSR count). The van der Waals surface area contributed by atoms with Crippen molar-refractivity contribution in [1.82, 2.24) is 0 Å². The molecule has 0 aromatic heterocycles. The second-order valence-electron chi connectivity index (χ2n) is 4.81.